The van der Waals surface area contributed by atoms with Crippen molar-refractivity contribution in [3.8, 4) is 0 Å². The van der Waals surface area contributed by atoms with Crippen LogP contribution in [0.4, 0.5) is 8.78 Å². The van der Waals surface area contributed by atoms with Crippen molar-refractivity contribution in [1.82, 2.24) is 4.90 Å². The summed E-state index contributed by atoms with van der Waals surface area (Å²) in [6.45, 7) is 2.95. The van der Waals surface area contributed by atoms with Crippen LogP contribution in [0.2, 0.25) is 0 Å². The fourth-order valence-corrected chi connectivity index (χ4v) is 2.40. The van der Waals surface area contributed by atoms with E-state index in [1.165, 1.54) is 18.4 Å². The van der Waals surface area contributed by atoms with E-state index in [0.717, 1.165) is 0 Å². The highest BCUT2D eigenvalue weighted by Crippen LogP contribution is 2.33. The standard InChI is InChI=1S/C14H15F2NO2/c1-8-7-19-12(6-17(8)2)13-10(15)5-11-9(14(13)16)3-4-18-11/h3-5,8,12H,6-7H2,1-2H3. The van der Waals surface area contributed by atoms with Crippen molar-refractivity contribution in [3.63, 3.8) is 0 Å². The van der Waals surface area contributed by atoms with E-state index < -0.39 is 17.7 Å². The second-order valence-electron chi connectivity index (χ2n) is 5.03. The molecule has 0 N–H and O–H groups in total. The Morgan fingerprint density at radius 1 is 1.37 bits per heavy atom. The van der Waals surface area contributed by atoms with Gasteiger partial charge >= 0.3 is 0 Å². The van der Waals surface area contributed by atoms with E-state index in [2.05, 4.69) is 0 Å². The van der Waals surface area contributed by atoms with E-state index in [9.17, 15) is 8.78 Å². The van der Waals surface area contributed by atoms with Crippen LogP contribution in [-0.2, 0) is 4.74 Å². The summed E-state index contributed by atoms with van der Waals surface area (Å²) in [6, 6.07) is 2.97. The summed E-state index contributed by atoms with van der Waals surface area (Å²) in [7, 11) is 1.92. The predicted molar refractivity (Wildman–Crippen MR) is 66.9 cm³/mol. The van der Waals surface area contributed by atoms with Crippen molar-refractivity contribution in [1.29, 1.82) is 0 Å². The molecule has 3 rings (SSSR count). The van der Waals surface area contributed by atoms with Crippen LogP contribution in [-0.4, -0.2) is 31.1 Å². The van der Waals surface area contributed by atoms with Gasteiger partial charge in [-0.25, -0.2) is 8.78 Å². The maximum Gasteiger partial charge on any atom is 0.143 e. The Kier molecular flexibility index (Phi) is 3.03. The van der Waals surface area contributed by atoms with Gasteiger partial charge in [-0.2, -0.15) is 0 Å². The van der Waals surface area contributed by atoms with Crippen LogP contribution in [0.5, 0.6) is 0 Å². The lowest BCUT2D eigenvalue weighted by Crippen LogP contribution is -2.42. The lowest BCUT2D eigenvalue weighted by atomic mass is 10.0. The summed E-state index contributed by atoms with van der Waals surface area (Å²) in [5.41, 5.74) is 0.212. The first-order valence-corrected chi connectivity index (χ1v) is 6.25. The molecule has 2 aromatic rings. The minimum absolute atomic E-state index is 0.00681. The first-order valence-electron chi connectivity index (χ1n) is 6.25. The van der Waals surface area contributed by atoms with E-state index in [1.54, 1.807) is 0 Å². The number of morpholine rings is 1. The van der Waals surface area contributed by atoms with Crippen LogP contribution >= 0.6 is 0 Å². The minimum Gasteiger partial charge on any atom is -0.464 e. The van der Waals surface area contributed by atoms with Gasteiger partial charge in [0.05, 0.1) is 23.8 Å². The molecule has 3 nitrogen and oxygen atoms in total. The molecule has 1 aliphatic heterocycles. The van der Waals surface area contributed by atoms with Crippen LogP contribution < -0.4 is 0 Å². The van der Waals surface area contributed by atoms with Crippen molar-refractivity contribution in [3.05, 3.63) is 35.6 Å². The number of furan rings is 1. The highest BCUT2D eigenvalue weighted by atomic mass is 19.1. The Balaban J connectivity index is 2.04. The Morgan fingerprint density at radius 2 is 2.16 bits per heavy atom. The van der Waals surface area contributed by atoms with Gasteiger partial charge in [0.1, 0.15) is 23.3 Å². The zero-order chi connectivity index (χ0) is 13.6. The Morgan fingerprint density at radius 3 is 2.89 bits per heavy atom. The second-order valence-corrected chi connectivity index (χ2v) is 5.03. The SMILES string of the molecule is CC1COC(c2c(F)cc3occc3c2F)CN1C. The summed E-state index contributed by atoms with van der Waals surface area (Å²) in [4.78, 5) is 2.03. The van der Waals surface area contributed by atoms with E-state index in [-0.39, 0.29) is 17.2 Å². The smallest absolute Gasteiger partial charge is 0.143 e. The Bertz CT molecular complexity index is 611. The van der Waals surface area contributed by atoms with Gasteiger partial charge in [0.2, 0.25) is 0 Å². The fourth-order valence-electron chi connectivity index (χ4n) is 2.40. The summed E-state index contributed by atoms with van der Waals surface area (Å²) >= 11 is 0. The number of ether oxygens (including phenoxy) is 1. The molecule has 1 aliphatic rings. The minimum atomic E-state index is -0.618. The summed E-state index contributed by atoms with van der Waals surface area (Å²) in [5.74, 6) is -1.20. The lowest BCUT2D eigenvalue weighted by Gasteiger charge is -2.35. The van der Waals surface area contributed by atoms with Gasteiger partial charge in [-0.3, -0.25) is 4.90 Å². The average molecular weight is 267 g/mol. The molecule has 5 heteroatoms. The third-order valence-corrected chi connectivity index (χ3v) is 3.75. The number of hydrogen-bond donors (Lipinski definition) is 0. The number of hydrogen-bond acceptors (Lipinski definition) is 3. The molecule has 0 spiro atoms. The molecule has 0 aliphatic carbocycles. The fraction of sp³-hybridized carbons (Fsp3) is 0.429. The van der Waals surface area contributed by atoms with E-state index in [0.29, 0.717) is 18.5 Å². The van der Waals surface area contributed by atoms with Crippen molar-refractivity contribution in [2.75, 3.05) is 20.2 Å². The third-order valence-electron chi connectivity index (χ3n) is 3.75. The number of nitrogens with zero attached hydrogens (tertiary/aromatic N) is 1. The van der Waals surface area contributed by atoms with Gasteiger partial charge in [0, 0.05) is 18.7 Å². The molecule has 1 aromatic carbocycles. The molecule has 102 valence electrons. The number of fused-ring (bicyclic) bond motifs is 1. The van der Waals surface area contributed by atoms with Crippen LogP contribution in [0.15, 0.2) is 22.8 Å². The molecule has 2 atom stereocenters. The van der Waals surface area contributed by atoms with E-state index >= 15 is 0 Å². The molecule has 1 saturated heterocycles. The molecule has 0 saturated carbocycles. The maximum absolute atomic E-state index is 14.4. The monoisotopic (exact) mass is 267 g/mol. The molecule has 2 unspecified atom stereocenters. The molecule has 1 aromatic heterocycles. The van der Waals surface area contributed by atoms with Gasteiger partial charge in [0.15, 0.2) is 0 Å². The first kappa shape index (κ1) is 12.6. The average Bonchev–Trinajstić information content (AvgIpc) is 2.82. The number of benzene rings is 1. The number of likely N-dealkylation sites (N-methyl/N-ethyl adjacent to an activating group) is 1. The van der Waals surface area contributed by atoms with Gasteiger partial charge in [-0.15, -0.1) is 0 Å². The highest BCUT2D eigenvalue weighted by Gasteiger charge is 2.30. The van der Waals surface area contributed by atoms with Crippen LogP contribution in [0.3, 0.4) is 0 Å². The zero-order valence-corrected chi connectivity index (χ0v) is 10.8. The Hall–Kier alpha value is -1.46. The van der Waals surface area contributed by atoms with Crippen molar-refractivity contribution >= 4 is 11.0 Å². The largest absolute Gasteiger partial charge is 0.464 e. The van der Waals surface area contributed by atoms with Crippen molar-refractivity contribution < 1.29 is 17.9 Å². The van der Waals surface area contributed by atoms with Crippen LogP contribution in [0, 0.1) is 11.6 Å². The topological polar surface area (TPSA) is 25.6 Å². The molecule has 1 fully saturated rings. The number of rotatable bonds is 1. The highest BCUT2D eigenvalue weighted by molar-refractivity contribution is 5.79. The molecular formula is C14H15F2NO2. The summed E-state index contributed by atoms with van der Waals surface area (Å²) < 4.78 is 39.1. The second kappa shape index (κ2) is 4.58. The van der Waals surface area contributed by atoms with Gasteiger partial charge < -0.3 is 9.15 Å². The lowest BCUT2D eigenvalue weighted by molar-refractivity contribution is -0.0528. The first-order chi connectivity index (χ1) is 9.08. The van der Waals surface area contributed by atoms with Gasteiger partial charge in [-0.05, 0) is 20.0 Å². The van der Waals surface area contributed by atoms with E-state index in [4.69, 9.17) is 9.15 Å². The molecule has 0 radical (unpaired) electrons. The molecule has 0 bridgehead atoms. The van der Waals surface area contributed by atoms with Crippen molar-refractivity contribution in [2.24, 2.45) is 0 Å². The van der Waals surface area contributed by atoms with Crippen LogP contribution in [0.1, 0.15) is 18.6 Å². The van der Waals surface area contributed by atoms with Gasteiger partial charge in [-0.1, -0.05) is 0 Å². The van der Waals surface area contributed by atoms with Crippen LogP contribution in [0.25, 0.3) is 11.0 Å². The quantitative estimate of drug-likeness (QED) is 0.794. The van der Waals surface area contributed by atoms with Crippen molar-refractivity contribution in [2.45, 2.75) is 19.1 Å². The zero-order valence-electron chi connectivity index (χ0n) is 10.8. The molecule has 2 heterocycles. The molecule has 19 heavy (non-hydrogen) atoms. The molecular weight excluding hydrogens is 252 g/mol. The maximum atomic E-state index is 14.4. The third kappa shape index (κ3) is 2.03. The normalized spacial score (nSPS) is 25.1. The number of halogens is 2. The van der Waals surface area contributed by atoms with E-state index in [1.807, 2.05) is 18.9 Å². The summed E-state index contributed by atoms with van der Waals surface area (Å²) in [6.07, 6.45) is 0.771. The predicted octanol–water partition coefficient (Wildman–Crippen LogP) is 3.10. The summed E-state index contributed by atoms with van der Waals surface area (Å²) in [5, 5.41) is 0.293. The van der Waals surface area contributed by atoms with Gasteiger partial charge in [0.25, 0.3) is 0 Å². The Labute approximate surface area is 109 Å². The molecule has 0 amide bonds.